The number of carbonyl (C=O) groups is 3. The molecule has 19 nitrogen and oxygen atoms in total. The maximum absolute atomic E-state index is 13.2. The number of piperidine rings is 3. The molecular formula is C49H58BrN13O6S. The zero-order valence-electron chi connectivity index (χ0n) is 39.6. The average molecular weight is 1040 g/mol. The highest BCUT2D eigenvalue weighted by molar-refractivity contribution is 9.10. The number of nitrogens with one attached hydrogen (secondary N) is 4. The summed E-state index contributed by atoms with van der Waals surface area (Å²) in [5.41, 5.74) is 7.45. The number of rotatable bonds is 13. The summed E-state index contributed by atoms with van der Waals surface area (Å²) in [6, 6.07) is 14.3. The van der Waals surface area contributed by atoms with Crippen molar-refractivity contribution in [3.8, 4) is 5.75 Å². The summed E-state index contributed by atoms with van der Waals surface area (Å²) in [5, 5.41) is 9.01. The Labute approximate surface area is 415 Å². The Balaban J connectivity index is 0.721. The number of piperazine rings is 1. The summed E-state index contributed by atoms with van der Waals surface area (Å²) < 4.78 is 33.9. The van der Waals surface area contributed by atoms with E-state index in [0.29, 0.717) is 69.3 Å². The first-order valence-corrected chi connectivity index (χ1v) is 26.8. The van der Waals surface area contributed by atoms with Crippen molar-refractivity contribution in [2.24, 2.45) is 0 Å². The molecule has 5 aromatic rings. The lowest BCUT2D eigenvalue weighted by Gasteiger charge is -2.46. The first-order valence-electron chi connectivity index (χ1n) is 24.1. The van der Waals surface area contributed by atoms with E-state index in [-0.39, 0.29) is 29.8 Å². The molecule has 7 heterocycles. The number of sulfonamides is 1. The highest BCUT2D eigenvalue weighted by atomic mass is 79.9. The number of aromatic nitrogens is 4. The van der Waals surface area contributed by atoms with E-state index < -0.39 is 16.1 Å². The molecule has 5 aliphatic rings. The Kier molecular flexibility index (Phi) is 13.5. The topological polar surface area (TPSA) is 210 Å². The van der Waals surface area contributed by atoms with Crippen molar-refractivity contribution >= 4 is 94.9 Å². The van der Waals surface area contributed by atoms with E-state index in [2.05, 4.69) is 96.3 Å². The van der Waals surface area contributed by atoms with Gasteiger partial charge < -0.3 is 30.1 Å². The Morgan fingerprint density at radius 1 is 0.814 bits per heavy atom. The van der Waals surface area contributed by atoms with Crippen LogP contribution in [0.4, 0.5) is 40.2 Å². The number of amides is 3. The van der Waals surface area contributed by atoms with Crippen LogP contribution in [0.2, 0.25) is 0 Å². The SMILES string of the molecule is CCc1cc(Nc2ncc(Br)c(Nc3ccc4nccnc4c3NS(C)(=O)=O)n2)c(OC)cc1N1CCC(N2CCN(C3CCN(c4ccc5c(c4)CN(C4CCC(=O)NC4=O)C5=O)CC3)CC2)CC1. The second-order valence-corrected chi connectivity index (χ2v) is 21.3. The monoisotopic (exact) mass is 1040 g/mol. The normalized spacial score (nSPS) is 19.9. The fourth-order valence-corrected chi connectivity index (χ4v) is 11.7. The van der Waals surface area contributed by atoms with Crippen LogP contribution in [0.5, 0.6) is 5.75 Å². The van der Waals surface area contributed by atoms with Crippen LogP contribution in [0.25, 0.3) is 11.0 Å². The maximum Gasteiger partial charge on any atom is 0.255 e. The molecule has 70 heavy (non-hydrogen) atoms. The van der Waals surface area contributed by atoms with E-state index in [4.69, 9.17) is 9.72 Å². The predicted molar refractivity (Wildman–Crippen MR) is 273 cm³/mol. The van der Waals surface area contributed by atoms with Gasteiger partial charge in [-0.25, -0.2) is 13.4 Å². The number of fused-ring (bicyclic) bond motifs is 2. The molecule has 3 aromatic carbocycles. The zero-order chi connectivity index (χ0) is 48.7. The Morgan fingerprint density at radius 2 is 1.51 bits per heavy atom. The highest BCUT2D eigenvalue weighted by Crippen LogP contribution is 2.39. The second-order valence-electron chi connectivity index (χ2n) is 18.7. The summed E-state index contributed by atoms with van der Waals surface area (Å²) in [7, 11) is -1.98. The van der Waals surface area contributed by atoms with Gasteiger partial charge in [0.25, 0.3) is 5.91 Å². The Bertz CT molecular complexity index is 2940. The predicted octanol–water partition coefficient (Wildman–Crippen LogP) is 5.63. The van der Waals surface area contributed by atoms with Crippen LogP contribution in [-0.4, -0.2) is 145 Å². The minimum Gasteiger partial charge on any atom is -0.494 e. The molecule has 1 unspecified atom stereocenters. The van der Waals surface area contributed by atoms with Gasteiger partial charge >= 0.3 is 0 Å². The fourth-order valence-electron chi connectivity index (χ4n) is 10.8. The molecule has 368 valence electrons. The highest BCUT2D eigenvalue weighted by Gasteiger charge is 2.40. The molecule has 0 radical (unpaired) electrons. The summed E-state index contributed by atoms with van der Waals surface area (Å²) in [6.07, 6.45) is 11.6. The average Bonchev–Trinajstić information content (AvgIpc) is 3.69. The number of carbonyl (C=O) groups excluding carboxylic acids is 3. The number of hydrogen-bond acceptors (Lipinski definition) is 16. The number of imide groups is 1. The van der Waals surface area contributed by atoms with Crippen molar-refractivity contribution in [2.45, 2.75) is 76.5 Å². The molecule has 0 saturated carbocycles. The minimum absolute atomic E-state index is 0.134. The van der Waals surface area contributed by atoms with E-state index in [1.807, 2.05) is 12.1 Å². The lowest BCUT2D eigenvalue weighted by Crippen LogP contribution is -2.56. The van der Waals surface area contributed by atoms with Gasteiger partial charge in [-0.3, -0.25) is 44.2 Å². The van der Waals surface area contributed by atoms with E-state index in [9.17, 15) is 22.8 Å². The summed E-state index contributed by atoms with van der Waals surface area (Å²) >= 11 is 3.55. The van der Waals surface area contributed by atoms with Gasteiger partial charge in [-0.15, -0.1) is 0 Å². The lowest BCUT2D eigenvalue weighted by molar-refractivity contribution is -0.136. The third-order valence-corrected chi connectivity index (χ3v) is 15.6. The van der Waals surface area contributed by atoms with Gasteiger partial charge in [0, 0.05) is 119 Å². The molecule has 0 aliphatic carbocycles. The molecule has 4 saturated heterocycles. The van der Waals surface area contributed by atoms with Crippen LogP contribution >= 0.6 is 15.9 Å². The van der Waals surface area contributed by atoms with Crippen molar-refractivity contribution in [1.82, 2.24) is 40.0 Å². The Hall–Kier alpha value is -6.16. The number of anilines is 7. The fraction of sp³-hybridized carbons (Fsp3) is 0.449. The van der Waals surface area contributed by atoms with Gasteiger partial charge in [0.15, 0.2) is 0 Å². The molecule has 5 aliphatic heterocycles. The van der Waals surface area contributed by atoms with Gasteiger partial charge in [0.1, 0.15) is 23.1 Å². The van der Waals surface area contributed by atoms with Crippen LogP contribution in [0.15, 0.2) is 65.5 Å². The number of methoxy groups -OCH3 is 1. The van der Waals surface area contributed by atoms with Crippen LogP contribution in [0.3, 0.4) is 0 Å². The van der Waals surface area contributed by atoms with Gasteiger partial charge in [0.2, 0.25) is 27.8 Å². The number of ether oxygens (including phenoxy) is 1. The molecule has 4 N–H and O–H groups in total. The van der Waals surface area contributed by atoms with Gasteiger partial charge in [0.05, 0.1) is 40.4 Å². The third kappa shape index (κ3) is 9.93. The van der Waals surface area contributed by atoms with Gasteiger partial charge in [-0.1, -0.05) is 6.92 Å². The van der Waals surface area contributed by atoms with E-state index in [1.54, 1.807) is 36.5 Å². The number of nitrogens with zero attached hydrogens (tertiary/aromatic N) is 9. The first kappa shape index (κ1) is 47.5. The largest absolute Gasteiger partial charge is 0.494 e. The molecule has 0 bridgehead atoms. The molecule has 21 heteroatoms. The summed E-state index contributed by atoms with van der Waals surface area (Å²) in [4.78, 5) is 67.4. The lowest BCUT2D eigenvalue weighted by atomic mass is 9.98. The standard InChI is InChI=1S/C49H58BrN13O6S/c1-4-30-26-39(55-49-53-28-36(50)46(57-49)54-38-8-7-37-44(52-16-15-51-37)45(38)58-70(3,67)68)42(69-2)27-41(30)62-19-13-33(14-20-62)61-23-21-60(22-24-61)32-11-17-59(18-12-32)34-5-6-35-31(25-34)29-63(48(35)66)40-9-10-43(64)56-47(40)65/h5-8,15-16,25-28,32-33,40,58H,4,9-14,17-24,29H2,1-3H3,(H,56,64,65)(H2,53,54,55,57). The van der Waals surface area contributed by atoms with Crippen LogP contribution in [0.1, 0.15) is 66.9 Å². The van der Waals surface area contributed by atoms with Crippen molar-refractivity contribution in [3.63, 3.8) is 0 Å². The van der Waals surface area contributed by atoms with Crippen molar-refractivity contribution in [2.75, 3.05) is 90.9 Å². The van der Waals surface area contributed by atoms with E-state index in [0.717, 1.165) is 108 Å². The van der Waals surface area contributed by atoms with Crippen molar-refractivity contribution in [3.05, 3.63) is 82.2 Å². The minimum atomic E-state index is -3.65. The van der Waals surface area contributed by atoms with E-state index in [1.165, 1.54) is 17.4 Å². The molecule has 2 aromatic heterocycles. The second kappa shape index (κ2) is 19.9. The van der Waals surface area contributed by atoms with Crippen molar-refractivity contribution < 1.29 is 27.5 Å². The third-order valence-electron chi connectivity index (χ3n) is 14.5. The zero-order valence-corrected chi connectivity index (χ0v) is 42.0. The molecule has 4 fully saturated rings. The van der Waals surface area contributed by atoms with Gasteiger partial charge in [-0.05, 0) is 102 Å². The van der Waals surface area contributed by atoms with Crippen LogP contribution in [0, 0.1) is 0 Å². The molecule has 1 atom stereocenters. The van der Waals surface area contributed by atoms with Crippen LogP contribution in [-0.2, 0) is 32.6 Å². The smallest absolute Gasteiger partial charge is 0.255 e. The molecular weight excluding hydrogens is 979 g/mol. The number of hydrogen-bond donors (Lipinski definition) is 4. The van der Waals surface area contributed by atoms with Crippen molar-refractivity contribution in [1.29, 1.82) is 0 Å². The quantitative estimate of drug-likeness (QED) is 0.105. The Morgan fingerprint density at radius 3 is 2.19 bits per heavy atom. The number of aryl methyl sites for hydroxylation is 1. The number of halogens is 1. The molecule has 0 spiro atoms. The van der Waals surface area contributed by atoms with Crippen LogP contribution < -0.4 is 35.2 Å². The molecule has 10 rings (SSSR count). The first-order chi connectivity index (χ1) is 33.8. The maximum atomic E-state index is 13.2. The van der Waals surface area contributed by atoms with E-state index >= 15 is 0 Å². The number of benzene rings is 3. The summed E-state index contributed by atoms with van der Waals surface area (Å²) in [6.45, 7) is 10.7. The van der Waals surface area contributed by atoms with Gasteiger partial charge in [-0.2, -0.15) is 4.98 Å². The molecule has 3 amide bonds. The summed E-state index contributed by atoms with van der Waals surface area (Å²) in [5.74, 6) is 0.607.